The number of hydrogen-bond donors (Lipinski definition) is 1. The van der Waals surface area contributed by atoms with E-state index in [-0.39, 0.29) is 30.6 Å². The van der Waals surface area contributed by atoms with E-state index in [4.69, 9.17) is 5.26 Å². The second-order valence-corrected chi connectivity index (χ2v) is 5.49. The van der Waals surface area contributed by atoms with Crippen molar-refractivity contribution in [2.24, 2.45) is 0 Å². The molecule has 128 valence electrons. The molecule has 0 aliphatic rings. The summed E-state index contributed by atoms with van der Waals surface area (Å²) in [4.78, 5) is 25.2. The van der Waals surface area contributed by atoms with E-state index in [2.05, 4.69) is 5.32 Å². The van der Waals surface area contributed by atoms with E-state index in [1.807, 2.05) is 6.07 Å². The molecule has 1 N–H and O–H groups in total. The van der Waals surface area contributed by atoms with Gasteiger partial charge >= 0.3 is 0 Å². The van der Waals surface area contributed by atoms with E-state index in [1.165, 1.54) is 24.0 Å². The Labute approximate surface area is 145 Å². The SMILES string of the molecule is CC(=O)N(CCNC(=O)Cc1cccc(F)c1)c1ccc(C#N)cc1. The van der Waals surface area contributed by atoms with Crippen molar-refractivity contribution in [3.05, 3.63) is 65.5 Å². The first kappa shape index (κ1) is 18.1. The molecule has 0 aliphatic heterocycles. The molecule has 0 spiro atoms. The average molecular weight is 339 g/mol. The molecule has 6 heteroatoms. The molecular formula is C19H18FN3O2. The summed E-state index contributed by atoms with van der Waals surface area (Å²) >= 11 is 0. The van der Waals surface area contributed by atoms with Gasteiger partial charge in [-0.1, -0.05) is 12.1 Å². The molecule has 0 saturated heterocycles. The maximum absolute atomic E-state index is 13.1. The van der Waals surface area contributed by atoms with Crippen LogP contribution in [0.25, 0.3) is 0 Å². The highest BCUT2D eigenvalue weighted by atomic mass is 19.1. The average Bonchev–Trinajstić information content (AvgIpc) is 2.58. The minimum atomic E-state index is -0.381. The third kappa shape index (κ3) is 5.43. The molecule has 2 aromatic carbocycles. The lowest BCUT2D eigenvalue weighted by Gasteiger charge is -2.21. The van der Waals surface area contributed by atoms with Crippen LogP contribution in [0.3, 0.4) is 0 Å². The van der Waals surface area contributed by atoms with Crippen LogP contribution in [0, 0.1) is 17.1 Å². The lowest BCUT2D eigenvalue weighted by atomic mass is 10.1. The highest BCUT2D eigenvalue weighted by Gasteiger charge is 2.12. The van der Waals surface area contributed by atoms with Gasteiger partial charge in [-0.15, -0.1) is 0 Å². The minimum Gasteiger partial charge on any atom is -0.354 e. The lowest BCUT2D eigenvalue weighted by Crippen LogP contribution is -2.38. The zero-order chi connectivity index (χ0) is 18.2. The van der Waals surface area contributed by atoms with Gasteiger partial charge in [0.25, 0.3) is 0 Å². The van der Waals surface area contributed by atoms with Gasteiger partial charge in [0, 0.05) is 25.7 Å². The molecule has 2 aromatic rings. The van der Waals surface area contributed by atoms with Crippen LogP contribution in [0.4, 0.5) is 10.1 Å². The zero-order valence-electron chi connectivity index (χ0n) is 13.8. The number of amides is 2. The Bertz CT molecular complexity index is 797. The minimum absolute atomic E-state index is 0.0781. The molecule has 0 fully saturated rings. The summed E-state index contributed by atoms with van der Waals surface area (Å²) in [6.45, 7) is 2.01. The smallest absolute Gasteiger partial charge is 0.224 e. The number of nitrogens with zero attached hydrogens (tertiary/aromatic N) is 2. The largest absolute Gasteiger partial charge is 0.354 e. The third-order valence-electron chi connectivity index (χ3n) is 3.60. The van der Waals surface area contributed by atoms with Crippen molar-refractivity contribution in [2.45, 2.75) is 13.3 Å². The number of carbonyl (C=O) groups excluding carboxylic acids is 2. The maximum atomic E-state index is 13.1. The van der Waals surface area contributed by atoms with Gasteiger partial charge in [0.15, 0.2) is 0 Å². The first-order valence-corrected chi connectivity index (χ1v) is 7.79. The summed E-state index contributed by atoms with van der Waals surface area (Å²) in [5.74, 6) is -0.785. The highest BCUT2D eigenvalue weighted by Crippen LogP contribution is 2.15. The first-order chi connectivity index (χ1) is 12.0. The molecule has 0 unspecified atom stereocenters. The summed E-state index contributed by atoms with van der Waals surface area (Å²) < 4.78 is 13.1. The Morgan fingerprint density at radius 1 is 1.20 bits per heavy atom. The van der Waals surface area contributed by atoms with Gasteiger partial charge in [-0.25, -0.2) is 4.39 Å². The van der Waals surface area contributed by atoms with Crippen molar-refractivity contribution in [3.8, 4) is 6.07 Å². The van der Waals surface area contributed by atoms with Gasteiger partial charge in [-0.05, 0) is 42.0 Å². The number of nitriles is 1. The molecule has 0 aliphatic carbocycles. The Hall–Kier alpha value is -3.20. The van der Waals surface area contributed by atoms with Crippen molar-refractivity contribution in [1.82, 2.24) is 5.32 Å². The van der Waals surface area contributed by atoms with Gasteiger partial charge in [0.2, 0.25) is 11.8 Å². The Kier molecular flexibility index (Phi) is 6.24. The Balaban J connectivity index is 1.89. The normalized spacial score (nSPS) is 9.96. The van der Waals surface area contributed by atoms with Gasteiger partial charge in [-0.3, -0.25) is 9.59 Å². The third-order valence-corrected chi connectivity index (χ3v) is 3.60. The molecule has 0 aromatic heterocycles. The van der Waals surface area contributed by atoms with Crippen LogP contribution < -0.4 is 10.2 Å². The number of hydrogen-bond acceptors (Lipinski definition) is 3. The number of nitrogens with one attached hydrogen (secondary N) is 1. The molecule has 5 nitrogen and oxygen atoms in total. The van der Waals surface area contributed by atoms with E-state index in [0.717, 1.165) is 0 Å². The fraction of sp³-hybridized carbons (Fsp3) is 0.211. The van der Waals surface area contributed by atoms with Crippen molar-refractivity contribution >= 4 is 17.5 Å². The van der Waals surface area contributed by atoms with E-state index < -0.39 is 0 Å². The van der Waals surface area contributed by atoms with Gasteiger partial charge in [-0.2, -0.15) is 5.26 Å². The Morgan fingerprint density at radius 2 is 1.92 bits per heavy atom. The summed E-state index contributed by atoms with van der Waals surface area (Å²) in [7, 11) is 0. The topological polar surface area (TPSA) is 73.2 Å². The molecule has 0 bridgehead atoms. The van der Waals surface area contributed by atoms with Crippen LogP contribution in [-0.2, 0) is 16.0 Å². The second kappa shape index (κ2) is 8.60. The molecule has 0 heterocycles. The standard InChI is InChI=1S/C19H18FN3O2/c1-14(24)23(18-7-5-15(13-21)6-8-18)10-9-22-19(25)12-16-3-2-4-17(20)11-16/h2-8,11H,9-10,12H2,1H3,(H,22,25). The molecule has 0 atom stereocenters. The molecule has 2 amide bonds. The van der Waals surface area contributed by atoms with E-state index in [1.54, 1.807) is 36.4 Å². The van der Waals surface area contributed by atoms with Crippen LogP contribution >= 0.6 is 0 Å². The zero-order valence-corrected chi connectivity index (χ0v) is 13.8. The Morgan fingerprint density at radius 3 is 2.52 bits per heavy atom. The van der Waals surface area contributed by atoms with Crippen molar-refractivity contribution < 1.29 is 14.0 Å². The van der Waals surface area contributed by atoms with Crippen LogP contribution in [-0.4, -0.2) is 24.9 Å². The van der Waals surface area contributed by atoms with Crippen molar-refractivity contribution in [3.63, 3.8) is 0 Å². The van der Waals surface area contributed by atoms with E-state index >= 15 is 0 Å². The van der Waals surface area contributed by atoms with Crippen molar-refractivity contribution in [1.29, 1.82) is 5.26 Å². The maximum Gasteiger partial charge on any atom is 0.224 e. The van der Waals surface area contributed by atoms with Gasteiger partial charge in [0.05, 0.1) is 18.1 Å². The van der Waals surface area contributed by atoms with Gasteiger partial charge < -0.3 is 10.2 Å². The molecule has 25 heavy (non-hydrogen) atoms. The number of halogens is 1. The summed E-state index contributed by atoms with van der Waals surface area (Å²) in [6.07, 6.45) is 0.0781. The van der Waals surface area contributed by atoms with Crippen LogP contribution in [0.5, 0.6) is 0 Å². The summed E-state index contributed by atoms with van der Waals surface area (Å²) in [5, 5.41) is 11.5. The lowest BCUT2D eigenvalue weighted by molar-refractivity contribution is -0.121. The number of carbonyl (C=O) groups is 2. The first-order valence-electron chi connectivity index (χ1n) is 7.79. The fourth-order valence-corrected chi connectivity index (χ4v) is 2.39. The van der Waals surface area contributed by atoms with Gasteiger partial charge in [0.1, 0.15) is 5.82 Å². The fourth-order valence-electron chi connectivity index (χ4n) is 2.39. The van der Waals surface area contributed by atoms with Crippen LogP contribution in [0.1, 0.15) is 18.1 Å². The molecule has 2 rings (SSSR count). The monoisotopic (exact) mass is 339 g/mol. The van der Waals surface area contributed by atoms with E-state index in [0.29, 0.717) is 23.4 Å². The predicted octanol–water partition coefficient (Wildman–Crippen LogP) is 2.41. The summed E-state index contributed by atoms with van der Waals surface area (Å²) in [5.41, 5.74) is 1.76. The summed E-state index contributed by atoms with van der Waals surface area (Å²) in [6, 6.07) is 14.5. The number of rotatable bonds is 6. The predicted molar refractivity (Wildman–Crippen MR) is 92.3 cm³/mol. The molecular weight excluding hydrogens is 321 g/mol. The van der Waals surface area contributed by atoms with E-state index in [9.17, 15) is 14.0 Å². The van der Waals surface area contributed by atoms with Crippen LogP contribution in [0.2, 0.25) is 0 Å². The van der Waals surface area contributed by atoms with Crippen LogP contribution in [0.15, 0.2) is 48.5 Å². The van der Waals surface area contributed by atoms with Crippen molar-refractivity contribution in [2.75, 3.05) is 18.0 Å². The molecule has 0 saturated carbocycles. The highest BCUT2D eigenvalue weighted by molar-refractivity contribution is 5.91. The quantitative estimate of drug-likeness (QED) is 0.878. The second-order valence-electron chi connectivity index (χ2n) is 5.49. The number of benzene rings is 2. The number of anilines is 1. The molecule has 0 radical (unpaired) electrons.